The smallest absolute Gasteiger partial charge is 0.311 e. The van der Waals surface area contributed by atoms with Crippen LogP contribution in [-0.4, -0.2) is 48.0 Å². The fraction of sp³-hybridized carbons (Fsp3) is 0.261. The first-order valence-electron chi connectivity index (χ1n) is 9.87. The average Bonchev–Trinajstić information content (AvgIpc) is 3.10. The summed E-state index contributed by atoms with van der Waals surface area (Å²) in [6.07, 6.45) is 4.23. The van der Waals surface area contributed by atoms with Crippen LogP contribution < -0.4 is 0 Å². The van der Waals surface area contributed by atoms with Crippen molar-refractivity contribution < 1.29 is 18.3 Å². The van der Waals surface area contributed by atoms with E-state index in [-0.39, 0.29) is 10.9 Å². The van der Waals surface area contributed by atoms with Gasteiger partial charge in [-0.25, -0.2) is 12.4 Å². The van der Waals surface area contributed by atoms with Gasteiger partial charge in [-0.1, -0.05) is 35.9 Å². The van der Waals surface area contributed by atoms with Crippen LogP contribution in [0.1, 0.15) is 16.7 Å². The van der Waals surface area contributed by atoms with Gasteiger partial charge in [0.15, 0.2) is 0 Å². The molecule has 0 fully saturated rings. The van der Waals surface area contributed by atoms with Gasteiger partial charge in [0.1, 0.15) is 0 Å². The van der Waals surface area contributed by atoms with E-state index in [9.17, 15) is 18.3 Å². The molecule has 154 valence electrons. The van der Waals surface area contributed by atoms with E-state index in [2.05, 4.69) is 4.90 Å². The summed E-state index contributed by atoms with van der Waals surface area (Å²) in [5.74, 6) is -1.42. The number of hydrogen-bond acceptors (Lipinski definition) is 4. The van der Waals surface area contributed by atoms with E-state index in [1.807, 2.05) is 38.2 Å². The van der Waals surface area contributed by atoms with E-state index < -0.39 is 21.9 Å². The van der Waals surface area contributed by atoms with Crippen LogP contribution in [0.15, 0.2) is 59.6 Å². The van der Waals surface area contributed by atoms with E-state index in [1.165, 1.54) is 3.97 Å². The molecule has 2 aromatic carbocycles. The molecular weight excluding hydrogens is 400 g/mol. The summed E-state index contributed by atoms with van der Waals surface area (Å²) in [6.45, 7) is 2.36. The number of rotatable bonds is 3. The van der Waals surface area contributed by atoms with Crippen LogP contribution >= 0.6 is 0 Å². The molecule has 7 heteroatoms. The molecule has 2 heterocycles. The minimum Gasteiger partial charge on any atom is -0.481 e. The van der Waals surface area contributed by atoms with Gasteiger partial charge in [-0.3, -0.25) is 9.69 Å². The number of hydrogen-bond donors (Lipinski definition) is 1. The van der Waals surface area contributed by atoms with Crippen LogP contribution in [0.5, 0.6) is 0 Å². The number of aliphatic carboxylic acids is 1. The maximum absolute atomic E-state index is 13.4. The highest BCUT2D eigenvalue weighted by atomic mass is 32.2. The zero-order valence-electron chi connectivity index (χ0n) is 16.7. The third-order valence-electron chi connectivity index (χ3n) is 6.25. The summed E-state index contributed by atoms with van der Waals surface area (Å²) >= 11 is 0. The second-order valence-electron chi connectivity index (χ2n) is 8.19. The Morgan fingerprint density at radius 3 is 2.57 bits per heavy atom. The van der Waals surface area contributed by atoms with Gasteiger partial charge in [0.05, 0.1) is 16.3 Å². The van der Waals surface area contributed by atoms with Crippen molar-refractivity contribution in [1.82, 2.24) is 8.87 Å². The number of likely N-dealkylation sites (N-methyl/N-ethyl adjacent to an activating group) is 1. The van der Waals surface area contributed by atoms with Gasteiger partial charge >= 0.3 is 5.97 Å². The van der Waals surface area contributed by atoms with Gasteiger partial charge in [0.2, 0.25) is 0 Å². The lowest BCUT2D eigenvalue weighted by atomic mass is 9.80. The monoisotopic (exact) mass is 422 g/mol. The second-order valence-corrected chi connectivity index (χ2v) is 10.0. The van der Waals surface area contributed by atoms with Crippen LogP contribution in [0.25, 0.3) is 16.5 Å². The molecule has 0 saturated heterocycles. The number of aromatic nitrogens is 1. The lowest BCUT2D eigenvalue weighted by molar-refractivity contribution is -0.140. The number of fused-ring (bicyclic) bond motifs is 2. The van der Waals surface area contributed by atoms with Gasteiger partial charge in [0.25, 0.3) is 10.0 Å². The van der Waals surface area contributed by atoms with Crippen LogP contribution in [0.2, 0.25) is 0 Å². The van der Waals surface area contributed by atoms with Gasteiger partial charge < -0.3 is 5.11 Å². The minimum atomic E-state index is -3.74. The third kappa shape index (κ3) is 2.73. The lowest BCUT2D eigenvalue weighted by Crippen LogP contribution is -2.44. The van der Waals surface area contributed by atoms with Gasteiger partial charge in [-0.05, 0) is 55.3 Å². The Balaban J connectivity index is 1.72. The fourth-order valence-electron chi connectivity index (χ4n) is 4.70. The Labute approximate surface area is 175 Å². The molecule has 1 aromatic heterocycles. The SMILES string of the molecule is Cc1ccc(S(=O)(=O)n2cc3c4c(cccc42)C2=C[C@@H](C(=O)O)CN(C)[C@@H]2C3)cc1. The minimum absolute atomic E-state index is 0.0385. The van der Waals surface area contributed by atoms with Gasteiger partial charge in [-0.15, -0.1) is 0 Å². The summed E-state index contributed by atoms with van der Waals surface area (Å²) in [6, 6.07) is 12.5. The van der Waals surface area contributed by atoms with Crippen molar-refractivity contribution in [1.29, 1.82) is 0 Å². The van der Waals surface area contributed by atoms with E-state index in [4.69, 9.17) is 0 Å². The molecule has 0 unspecified atom stereocenters. The second kappa shape index (κ2) is 6.55. The molecule has 1 aliphatic heterocycles. The van der Waals surface area contributed by atoms with E-state index in [0.717, 1.165) is 27.6 Å². The van der Waals surface area contributed by atoms with Gasteiger partial charge in [-0.2, -0.15) is 0 Å². The van der Waals surface area contributed by atoms with Crippen LogP contribution in [-0.2, 0) is 21.2 Å². The predicted molar refractivity (Wildman–Crippen MR) is 115 cm³/mol. The first-order chi connectivity index (χ1) is 14.3. The van der Waals surface area contributed by atoms with Crippen molar-refractivity contribution in [3.05, 3.63) is 71.4 Å². The molecule has 2 atom stereocenters. The highest BCUT2D eigenvalue weighted by molar-refractivity contribution is 7.90. The zero-order valence-corrected chi connectivity index (χ0v) is 17.6. The molecular formula is C23H22N2O4S. The maximum atomic E-state index is 13.4. The number of carbonyl (C=O) groups is 1. The summed E-state index contributed by atoms with van der Waals surface area (Å²) in [5.41, 5.74) is 4.50. The number of carboxylic acids is 1. The van der Waals surface area contributed by atoms with Crippen LogP contribution in [0.4, 0.5) is 0 Å². The van der Waals surface area contributed by atoms with Crippen molar-refractivity contribution >= 4 is 32.5 Å². The average molecular weight is 423 g/mol. The first-order valence-corrected chi connectivity index (χ1v) is 11.3. The Morgan fingerprint density at radius 1 is 1.13 bits per heavy atom. The molecule has 0 saturated carbocycles. The van der Waals surface area contributed by atoms with Crippen LogP contribution in [0, 0.1) is 12.8 Å². The van der Waals surface area contributed by atoms with Crippen molar-refractivity contribution in [3.63, 3.8) is 0 Å². The molecule has 0 radical (unpaired) electrons. The molecule has 1 N–H and O–H groups in total. The number of nitrogens with zero attached hydrogens (tertiary/aromatic N) is 2. The highest BCUT2D eigenvalue weighted by Crippen LogP contribution is 2.42. The molecule has 0 spiro atoms. The van der Waals surface area contributed by atoms with Crippen molar-refractivity contribution in [2.45, 2.75) is 24.3 Å². The molecule has 3 aromatic rings. The summed E-state index contributed by atoms with van der Waals surface area (Å²) in [7, 11) is -1.81. The first kappa shape index (κ1) is 19.1. The molecule has 30 heavy (non-hydrogen) atoms. The standard InChI is InChI=1S/C23H22N2O4S/c1-14-6-8-17(9-7-14)30(28,29)25-13-15-11-21-19(10-16(23(26)27)12-24(21)2)18-4-3-5-20(25)22(15)18/h3-10,13,16,21H,11-12H2,1-2H3,(H,26,27)/t16-,21-/m1/s1. The largest absolute Gasteiger partial charge is 0.481 e. The highest BCUT2D eigenvalue weighted by Gasteiger charge is 2.37. The van der Waals surface area contributed by atoms with Gasteiger partial charge in [0, 0.05) is 24.2 Å². The summed E-state index contributed by atoms with van der Waals surface area (Å²) < 4.78 is 28.2. The van der Waals surface area contributed by atoms with E-state index in [0.29, 0.717) is 18.5 Å². The number of benzene rings is 2. The van der Waals surface area contributed by atoms with Crippen molar-refractivity contribution in [3.8, 4) is 0 Å². The van der Waals surface area contributed by atoms with Crippen LogP contribution in [0.3, 0.4) is 0 Å². The Morgan fingerprint density at radius 2 is 1.87 bits per heavy atom. The molecule has 0 amide bonds. The predicted octanol–water partition coefficient (Wildman–Crippen LogP) is 3.14. The lowest BCUT2D eigenvalue weighted by Gasteiger charge is -2.38. The summed E-state index contributed by atoms with van der Waals surface area (Å²) in [5, 5.41) is 10.4. The Kier molecular flexibility index (Phi) is 4.17. The quantitative estimate of drug-likeness (QED) is 0.702. The van der Waals surface area contributed by atoms with E-state index >= 15 is 0 Å². The number of carboxylic acid groups (broad SMARTS) is 1. The molecule has 1 aliphatic carbocycles. The maximum Gasteiger partial charge on any atom is 0.311 e. The summed E-state index contributed by atoms with van der Waals surface area (Å²) in [4.78, 5) is 13.9. The van der Waals surface area contributed by atoms with E-state index in [1.54, 1.807) is 30.5 Å². The van der Waals surface area contributed by atoms with Crippen molar-refractivity contribution in [2.24, 2.45) is 5.92 Å². The Hall–Kier alpha value is -2.90. The molecule has 2 aliphatic rings. The molecule has 5 rings (SSSR count). The number of aryl methyl sites for hydroxylation is 1. The third-order valence-corrected chi connectivity index (χ3v) is 7.94. The molecule has 0 bridgehead atoms. The zero-order chi connectivity index (χ0) is 21.2. The van der Waals surface area contributed by atoms with Crippen molar-refractivity contribution in [2.75, 3.05) is 13.6 Å². The fourth-order valence-corrected chi connectivity index (χ4v) is 6.09. The topological polar surface area (TPSA) is 79.6 Å². The molecule has 6 nitrogen and oxygen atoms in total. The normalized spacial score (nSPS) is 21.3. The Bertz CT molecular complexity index is 1320.